The molecule has 5 nitrogen and oxygen atoms in total. The number of likely N-dealkylation sites (tertiary alicyclic amines) is 1. The van der Waals surface area contributed by atoms with Crippen molar-refractivity contribution in [3.05, 3.63) is 18.1 Å². The predicted molar refractivity (Wildman–Crippen MR) is 77.9 cm³/mol. The summed E-state index contributed by atoms with van der Waals surface area (Å²) in [5, 5.41) is 0. The van der Waals surface area contributed by atoms with Gasteiger partial charge in [0.1, 0.15) is 11.5 Å². The van der Waals surface area contributed by atoms with E-state index in [0.29, 0.717) is 5.69 Å². The Bertz CT molecular complexity index is 447. The minimum atomic E-state index is 0.0300. The van der Waals surface area contributed by atoms with Crippen molar-refractivity contribution in [2.45, 2.75) is 38.5 Å². The SMILES string of the molecule is O=C(c1cnc(N2CCCCC2)cn1)N1CCCCC1. The number of amides is 1. The van der Waals surface area contributed by atoms with E-state index in [4.69, 9.17) is 0 Å². The second-order valence-corrected chi connectivity index (χ2v) is 5.66. The van der Waals surface area contributed by atoms with Crippen LogP contribution in [-0.4, -0.2) is 47.0 Å². The lowest BCUT2D eigenvalue weighted by atomic mass is 10.1. The highest BCUT2D eigenvalue weighted by Crippen LogP contribution is 2.17. The van der Waals surface area contributed by atoms with Gasteiger partial charge in [0.25, 0.3) is 5.91 Å². The first kappa shape index (κ1) is 13.3. The number of hydrogen-bond donors (Lipinski definition) is 0. The third-order valence-corrected chi connectivity index (χ3v) is 4.18. The zero-order valence-electron chi connectivity index (χ0n) is 11.9. The molecule has 2 aliphatic heterocycles. The fraction of sp³-hybridized carbons (Fsp3) is 0.667. The molecule has 2 fully saturated rings. The van der Waals surface area contributed by atoms with Crippen LogP contribution in [0.1, 0.15) is 49.0 Å². The molecule has 3 rings (SSSR count). The summed E-state index contributed by atoms with van der Waals surface area (Å²) < 4.78 is 0. The molecule has 108 valence electrons. The molecule has 3 heterocycles. The van der Waals surface area contributed by atoms with E-state index in [1.807, 2.05) is 4.90 Å². The van der Waals surface area contributed by atoms with Gasteiger partial charge in [0.2, 0.25) is 0 Å². The van der Waals surface area contributed by atoms with Crippen molar-refractivity contribution in [1.82, 2.24) is 14.9 Å². The largest absolute Gasteiger partial charge is 0.355 e. The van der Waals surface area contributed by atoms with Crippen LogP contribution in [0.2, 0.25) is 0 Å². The number of hydrogen-bond acceptors (Lipinski definition) is 4. The van der Waals surface area contributed by atoms with Gasteiger partial charge in [0.05, 0.1) is 12.4 Å². The fourth-order valence-corrected chi connectivity index (χ4v) is 2.98. The van der Waals surface area contributed by atoms with Crippen LogP contribution in [0.15, 0.2) is 12.4 Å². The van der Waals surface area contributed by atoms with Gasteiger partial charge in [-0.05, 0) is 38.5 Å². The molecule has 0 radical (unpaired) electrons. The number of rotatable bonds is 2. The summed E-state index contributed by atoms with van der Waals surface area (Å²) in [4.78, 5) is 25.2. The van der Waals surface area contributed by atoms with Crippen LogP contribution in [0.3, 0.4) is 0 Å². The average molecular weight is 274 g/mol. The molecule has 0 unspecified atom stereocenters. The van der Waals surface area contributed by atoms with E-state index in [1.165, 1.54) is 25.7 Å². The topological polar surface area (TPSA) is 49.3 Å². The van der Waals surface area contributed by atoms with Gasteiger partial charge in [0.15, 0.2) is 0 Å². The molecule has 1 aromatic rings. The second-order valence-electron chi connectivity index (χ2n) is 5.66. The van der Waals surface area contributed by atoms with Gasteiger partial charge in [-0.15, -0.1) is 0 Å². The molecular weight excluding hydrogens is 252 g/mol. The van der Waals surface area contributed by atoms with Crippen LogP contribution in [0.4, 0.5) is 5.82 Å². The van der Waals surface area contributed by atoms with Crippen molar-refractivity contribution in [2.75, 3.05) is 31.1 Å². The second kappa shape index (κ2) is 6.20. The Morgan fingerprint density at radius 3 is 2.10 bits per heavy atom. The van der Waals surface area contributed by atoms with Crippen molar-refractivity contribution < 1.29 is 4.79 Å². The van der Waals surface area contributed by atoms with E-state index in [9.17, 15) is 4.79 Å². The summed E-state index contributed by atoms with van der Waals surface area (Å²) in [7, 11) is 0. The third kappa shape index (κ3) is 2.92. The van der Waals surface area contributed by atoms with Gasteiger partial charge < -0.3 is 9.80 Å². The number of nitrogens with zero attached hydrogens (tertiary/aromatic N) is 4. The summed E-state index contributed by atoms with van der Waals surface area (Å²) in [6.45, 7) is 3.81. The summed E-state index contributed by atoms with van der Waals surface area (Å²) >= 11 is 0. The number of aromatic nitrogens is 2. The minimum Gasteiger partial charge on any atom is -0.355 e. The Balaban J connectivity index is 1.67. The van der Waals surface area contributed by atoms with Gasteiger partial charge in [-0.3, -0.25) is 4.79 Å². The van der Waals surface area contributed by atoms with E-state index in [0.717, 1.165) is 44.8 Å². The van der Waals surface area contributed by atoms with Crippen LogP contribution in [0.5, 0.6) is 0 Å². The molecule has 2 saturated heterocycles. The van der Waals surface area contributed by atoms with Crippen LogP contribution in [0.25, 0.3) is 0 Å². The molecule has 0 bridgehead atoms. The lowest BCUT2D eigenvalue weighted by Gasteiger charge is -2.28. The summed E-state index contributed by atoms with van der Waals surface area (Å²) in [6, 6.07) is 0. The standard InChI is InChI=1S/C15H22N4O/c20-15(19-9-5-2-6-10-19)13-11-17-14(12-16-13)18-7-3-1-4-8-18/h11-12H,1-10H2. The van der Waals surface area contributed by atoms with Crippen LogP contribution in [-0.2, 0) is 0 Å². The molecule has 1 amide bonds. The Kier molecular flexibility index (Phi) is 4.14. The zero-order valence-corrected chi connectivity index (χ0v) is 11.9. The molecule has 20 heavy (non-hydrogen) atoms. The van der Waals surface area contributed by atoms with Gasteiger partial charge in [-0.25, -0.2) is 9.97 Å². The third-order valence-electron chi connectivity index (χ3n) is 4.18. The van der Waals surface area contributed by atoms with Crippen LogP contribution in [0, 0.1) is 0 Å². The summed E-state index contributed by atoms with van der Waals surface area (Å²) in [6.07, 6.45) is 10.6. The molecule has 2 aliphatic rings. The lowest BCUT2D eigenvalue weighted by Crippen LogP contribution is -2.36. The van der Waals surface area contributed by atoms with Gasteiger partial charge >= 0.3 is 0 Å². The molecule has 0 aliphatic carbocycles. The van der Waals surface area contributed by atoms with Gasteiger partial charge in [0, 0.05) is 26.2 Å². The van der Waals surface area contributed by atoms with E-state index in [-0.39, 0.29) is 5.91 Å². The van der Waals surface area contributed by atoms with Gasteiger partial charge in [-0.1, -0.05) is 0 Å². The number of carbonyl (C=O) groups excluding carboxylic acids is 1. The minimum absolute atomic E-state index is 0.0300. The van der Waals surface area contributed by atoms with Crippen LogP contribution < -0.4 is 4.90 Å². The zero-order chi connectivity index (χ0) is 13.8. The predicted octanol–water partition coefficient (Wildman–Crippen LogP) is 2.09. The molecule has 0 atom stereocenters. The fourth-order valence-electron chi connectivity index (χ4n) is 2.98. The monoisotopic (exact) mass is 274 g/mol. The number of carbonyl (C=O) groups is 1. The first-order valence-electron chi connectivity index (χ1n) is 7.71. The maximum absolute atomic E-state index is 12.3. The van der Waals surface area contributed by atoms with Crippen molar-refractivity contribution in [3.8, 4) is 0 Å². The maximum atomic E-state index is 12.3. The Morgan fingerprint density at radius 1 is 0.850 bits per heavy atom. The van der Waals surface area contributed by atoms with Gasteiger partial charge in [-0.2, -0.15) is 0 Å². The van der Waals surface area contributed by atoms with E-state index in [2.05, 4.69) is 14.9 Å². The van der Waals surface area contributed by atoms with Crippen molar-refractivity contribution in [3.63, 3.8) is 0 Å². The summed E-state index contributed by atoms with van der Waals surface area (Å²) in [5.74, 6) is 0.933. The first-order chi connectivity index (χ1) is 9.84. The average Bonchev–Trinajstić information content (AvgIpc) is 2.56. The van der Waals surface area contributed by atoms with E-state index in [1.54, 1.807) is 12.4 Å². The molecule has 1 aromatic heterocycles. The molecule has 0 aromatic carbocycles. The molecule has 0 saturated carbocycles. The first-order valence-corrected chi connectivity index (χ1v) is 7.71. The van der Waals surface area contributed by atoms with Crippen molar-refractivity contribution in [2.24, 2.45) is 0 Å². The Morgan fingerprint density at radius 2 is 1.50 bits per heavy atom. The Hall–Kier alpha value is -1.65. The Labute approximate surface area is 120 Å². The number of anilines is 1. The lowest BCUT2D eigenvalue weighted by molar-refractivity contribution is 0.0718. The summed E-state index contributed by atoms with van der Waals surface area (Å²) in [5.41, 5.74) is 0.479. The normalized spacial score (nSPS) is 20.0. The molecule has 0 spiro atoms. The molecule has 5 heteroatoms. The smallest absolute Gasteiger partial charge is 0.274 e. The van der Waals surface area contributed by atoms with E-state index >= 15 is 0 Å². The maximum Gasteiger partial charge on any atom is 0.274 e. The van der Waals surface area contributed by atoms with Crippen molar-refractivity contribution >= 4 is 11.7 Å². The van der Waals surface area contributed by atoms with E-state index < -0.39 is 0 Å². The highest BCUT2D eigenvalue weighted by Gasteiger charge is 2.20. The highest BCUT2D eigenvalue weighted by molar-refractivity contribution is 5.92. The molecular formula is C15H22N4O. The van der Waals surface area contributed by atoms with Crippen LogP contribution >= 0.6 is 0 Å². The quantitative estimate of drug-likeness (QED) is 0.828. The number of piperidine rings is 2. The molecule has 0 N–H and O–H groups in total. The van der Waals surface area contributed by atoms with Crippen molar-refractivity contribution in [1.29, 1.82) is 0 Å². The highest BCUT2D eigenvalue weighted by atomic mass is 16.2.